The number of hydrogen-bond donors (Lipinski definition) is 2. The molecule has 0 saturated heterocycles. The molecule has 3 aromatic rings. The third-order valence-corrected chi connectivity index (χ3v) is 6.15. The Kier molecular flexibility index (Phi) is 5.09. The van der Waals surface area contributed by atoms with Crippen LogP contribution in [0.2, 0.25) is 0 Å². The van der Waals surface area contributed by atoms with Crippen LogP contribution in [0.3, 0.4) is 0 Å². The monoisotopic (exact) mass is 464 g/mol. The van der Waals surface area contributed by atoms with Gasteiger partial charge < -0.3 is 15.5 Å². The lowest BCUT2D eigenvalue weighted by atomic mass is 9.75. The Morgan fingerprint density at radius 1 is 1.12 bits per heavy atom. The molecule has 2 heterocycles. The van der Waals surface area contributed by atoms with Gasteiger partial charge in [-0.2, -0.15) is 5.26 Å². The van der Waals surface area contributed by atoms with Gasteiger partial charge in [0.25, 0.3) is 0 Å². The van der Waals surface area contributed by atoms with E-state index >= 15 is 0 Å². The Hall–Kier alpha value is -4.19. The number of fused-ring (bicyclic) bond motifs is 1. The van der Waals surface area contributed by atoms with Gasteiger partial charge in [0.05, 0.1) is 17.6 Å². The fourth-order valence-corrected chi connectivity index (χ4v) is 4.76. The first-order valence-electron chi connectivity index (χ1n) is 10.7. The third-order valence-electron chi connectivity index (χ3n) is 6.15. The maximum Gasteiger partial charge on any atom is 0.573 e. The van der Waals surface area contributed by atoms with Crippen molar-refractivity contribution in [2.75, 3.05) is 4.90 Å². The van der Waals surface area contributed by atoms with Crippen molar-refractivity contribution in [2.24, 2.45) is 5.73 Å². The topological polar surface area (TPSA) is 95.1 Å². The molecule has 0 saturated carbocycles. The van der Waals surface area contributed by atoms with Crippen molar-refractivity contribution in [1.82, 2.24) is 4.98 Å². The Balaban J connectivity index is 1.64. The molecule has 2 aliphatic rings. The number of H-pyrrole nitrogens is 1. The number of benzene rings is 2. The molecule has 34 heavy (non-hydrogen) atoms. The maximum absolute atomic E-state index is 13.2. The van der Waals surface area contributed by atoms with E-state index in [2.05, 4.69) is 15.8 Å². The zero-order valence-electron chi connectivity index (χ0n) is 17.8. The minimum atomic E-state index is -4.81. The minimum absolute atomic E-state index is 0.0670. The highest BCUT2D eigenvalue weighted by molar-refractivity contribution is 6.01. The number of nitriles is 1. The zero-order chi connectivity index (χ0) is 24.0. The van der Waals surface area contributed by atoms with Gasteiger partial charge in [0.15, 0.2) is 5.78 Å². The minimum Gasteiger partial charge on any atom is -0.406 e. The molecule has 0 radical (unpaired) electrons. The first kappa shape index (κ1) is 21.6. The number of hydrogen-bond acceptors (Lipinski definition) is 5. The Morgan fingerprint density at radius 2 is 1.88 bits per heavy atom. The highest BCUT2D eigenvalue weighted by Gasteiger charge is 2.40. The molecule has 0 bridgehead atoms. The lowest BCUT2D eigenvalue weighted by Gasteiger charge is -2.39. The molecule has 5 rings (SSSR count). The number of nitrogens with one attached hydrogen (secondary N) is 1. The van der Waals surface area contributed by atoms with E-state index in [-0.39, 0.29) is 22.9 Å². The van der Waals surface area contributed by atoms with E-state index < -0.39 is 12.3 Å². The van der Waals surface area contributed by atoms with Crippen LogP contribution in [0.1, 0.15) is 30.7 Å². The molecule has 1 aromatic heterocycles. The Bertz CT molecular complexity index is 1390. The molecule has 9 heteroatoms. The number of ether oxygens (including phenoxy) is 1. The summed E-state index contributed by atoms with van der Waals surface area (Å²) < 4.78 is 41.6. The molecule has 1 aliphatic carbocycles. The van der Waals surface area contributed by atoms with Crippen LogP contribution < -0.4 is 15.4 Å². The van der Waals surface area contributed by atoms with Gasteiger partial charge in [-0.3, -0.25) is 9.69 Å². The van der Waals surface area contributed by atoms with Crippen molar-refractivity contribution in [3.63, 3.8) is 0 Å². The number of ketones is 1. The number of carbonyl (C=O) groups excluding carboxylic acids is 1. The molecule has 0 amide bonds. The van der Waals surface area contributed by atoms with Crippen molar-refractivity contribution < 1.29 is 22.7 Å². The van der Waals surface area contributed by atoms with E-state index in [0.717, 1.165) is 16.5 Å². The van der Waals surface area contributed by atoms with Crippen LogP contribution in [-0.2, 0) is 4.79 Å². The molecule has 2 aromatic carbocycles. The fourth-order valence-electron chi connectivity index (χ4n) is 4.76. The second kappa shape index (κ2) is 7.99. The maximum atomic E-state index is 13.2. The Labute approximate surface area is 192 Å². The molecular formula is C25H19F3N4O2. The van der Waals surface area contributed by atoms with Crippen LogP contribution in [0.15, 0.2) is 77.4 Å². The van der Waals surface area contributed by atoms with Crippen LogP contribution in [-0.4, -0.2) is 17.1 Å². The van der Waals surface area contributed by atoms with Crippen molar-refractivity contribution in [1.29, 1.82) is 5.26 Å². The number of alkyl halides is 3. The average molecular weight is 464 g/mol. The van der Waals surface area contributed by atoms with E-state index in [4.69, 9.17) is 5.73 Å². The van der Waals surface area contributed by atoms with E-state index in [1.165, 1.54) is 24.3 Å². The standard InChI is InChI=1S/C25H19F3N4O2/c26-25(27,28)34-17-7-5-16(6-8-17)32-20-2-1-3-21(33)23(20)22(18(13-29)24(32)30)15-4-9-19-14(12-15)10-11-31-19/h4-12,22,31H,1-3,30H2/t22-/m0/s1. The van der Waals surface area contributed by atoms with Gasteiger partial charge in [-0.25, -0.2) is 0 Å². The van der Waals surface area contributed by atoms with Gasteiger partial charge >= 0.3 is 6.36 Å². The van der Waals surface area contributed by atoms with Gasteiger partial charge in [0, 0.05) is 35.1 Å². The summed E-state index contributed by atoms with van der Waals surface area (Å²) in [5.41, 5.74) is 10.0. The number of rotatable bonds is 3. The summed E-state index contributed by atoms with van der Waals surface area (Å²) in [6.07, 6.45) is -1.48. The van der Waals surface area contributed by atoms with Gasteiger partial charge in [0.1, 0.15) is 11.6 Å². The number of nitrogens with zero attached hydrogens (tertiary/aromatic N) is 2. The first-order chi connectivity index (χ1) is 16.3. The second-order valence-corrected chi connectivity index (χ2v) is 8.18. The number of allylic oxidation sites excluding steroid dienone is 3. The van der Waals surface area contributed by atoms with E-state index in [1.54, 1.807) is 4.90 Å². The summed E-state index contributed by atoms with van der Waals surface area (Å²) in [7, 11) is 0. The summed E-state index contributed by atoms with van der Waals surface area (Å²) in [4.78, 5) is 17.9. The van der Waals surface area contributed by atoms with Crippen molar-refractivity contribution in [3.05, 3.63) is 83.0 Å². The Morgan fingerprint density at radius 3 is 2.59 bits per heavy atom. The number of anilines is 1. The quantitative estimate of drug-likeness (QED) is 0.543. The van der Waals surface area contributed by atoms with Crippen molar-refractivity contribution in [2.45, 2.75) is 31.5 Å². The predicted octanol–water partition coefficient (Wildman–Crippen LogP) is 5.37. The van der Waals surface area contributed by atoms with Crippen molar-refractivity contribution >= 4 is 22.4 Å². The number of carbonyl (C=O) groups is 1. The smallest absolute Gasteiger partial charge is 0.406 e. The molecule has 0 unspecified atom stereocenters. The SMILES string of the molecule is N#CC1=C(N)N(c2ccc(OC(F)(F)F)cc2)C2=C(C(=O)CCC2)[C@H]1c1ccc2[nH]ccc2c1. The second-order valence-electron chi connectivity index (χ2n) is 8.18. The van der Waals surface area contributed by atoms with Gasteiger partial charge in [0.2, 0.25) is 0 Å². The van der Waals surface area contributed by atoms with E-state index in [9.17, 15) is 23.2 Å². The normalized spacial score (nSPS) is 18.8. The third kappa shape index (κ3) is 3.67. The predicted molar refractivity (Wildman–Crippen MR) is 119 cm³/mol. The number of aromatic amines is 1. The highest BCUT2D eigenvalue weighted by atomic mass is 19.4. The van der Waals surface area contributed by atoms with Crippen LogP contribution in [0.4, 0.5) is 18.9 Å². The van der Waals surface area contributed by atoms with Gasteiger partial charge in [-0.1, -0.05) is 6.07 Å². The molecular weight excluding hydrogens is 445 g/mol. The molecule has 3 N–H and O–H groups in total. The lowest BCUT2D eigenvalue weighted by Crippen LogP contribution is -2.38. The molecule has 1 atom stereocenters. The van der Waals surface area contributed by atoms with Crippen LogP contribution in [0, 0.1) is 11.3 Å². The zero-order valence-corrected chi connectivity index (χ0v) is 17.8. The first-order valence-corrected chi connectivity index (χ1v) is 10.7. The summed E-state index contributed by atoms with van der Waals surface area (Å²) >= 11 is 0. The average Bonchev–Trinajstić information content (AvgIpc) is 3.26. The van der Waals surface area contributed by atoms with Crippen LogP contribution >= 0.6 is 0 Å². The van der Waals surface area contributed by atoms with E-state index in [1.807, 2.05) is 30.5 Å². The summed E-state index contributed by atoms with van der Waals surface area (Å²) in [5, 5.41) is 11.0. The molecule has 6 nitrogen and oxygen atoms in total. The number of halogens is 3. The number of nitrogens with two attached hydrogens (primary N) is 1. The van der Waals surface area contributed by atoms with Gasteiger partial charge in [-0.05, 0) is 66.3 Å². The molecule has 172 valence electrons. The highest BCUT2D eigenvalue weighted by Crippen LogP contribution is 2.46. The van der Waals surface area contributed by atoms with E-state index in [0.29, 0.717) is 36.2 Å². The van der Waals surface area contributed by atoms with Gasteiger partial charge in [-0.15, -0.1) is 13.2 Å². The fraction of sp³-hybridized carbons (Fsp3) is 0.200. The lowest BCUT2D eigenvalue weighted by molar-refractivity contribution is -0.274. The molecule has 0 spiro atoms. The number of Topliss-reactive ketones (excluding diaryl/α,β-unsaturated/α-hetero) is 1. The largest absolute Gasteiger partial charge is 0.573 e. The van der Waals surface area contributed by atoms with Crippen LogP contribution in [0.25, 0.3) is 10.9 Å². The van der Waals surface area contributed by atoms with Crippen molar-refractivity contribution in [3.8, 4) is 11.8 Å². The molecule has 1 aliphatic heterocycles. The number of aromatic nitrogens is 1. The van der Waals surface area contributed by atoms with Crippen LogP contribution in [0.5, 0.6) is 5.75 Å². The summed E-state index contributed by atoms with van der Waals surface area (Å²) in [6.45, 7) is 0. The summed E-state index contributed by atoms with van der Waals surface area (Å²) in [5.74, 6) is -0.901. The summed E-state index contributed by atoms with van der Waals surface area (Å²) in [6, 6.07) is 15.0. The molecule has 0 fully saturated rings.